The third-order valence-electron chi connectivity index (χ3n) is 3.15. The first kappa shape index (κ1) is 15.6. The molecule has 0 bridgehead atoms. The lowest BCUT2D eigenvalue weighted by Crippen LogP contribution is -2.37. The molecule has 2 N–H and O–H groups in total. The summed E-state index contributed by atoms with van der Waals surface area (Å²) in [5.74, 6) is 2.47. The zero-order chi connectivity index (χ0) is 14.4. The molecule has 0 aromatic carbocycles. The van der Waals surface area contributed by atoms with Crippen molar-refractivity contribution in [3.05, 3.63) is 18.3 Å². The van der Waals surface area contributed by atoms with Crippen LogP contribution in [0.5, 0.6) is 0 Å². The van der Waals surface area contributed by atoms with E-state index in [1.807, 2.05) is 18.7 Å². The fourth-order valence-electron chi connectivity index (χ4n) is 2.08. The van der Waals surface area contributed by atoms with Crippen molar-refractivity contribution in [1.29, 1.82) is 0 Å². The number of pyridine rings is 1. The number of nitrogens with one attached hydrogen (secondary N) is 2. The van der Waals surface area contributed by atoms with Crippen LogP contribution in [0.4, 0.5) is 5.82 Å². The van der Waals surface area contributed by atoms with E-state index in [0.29, 0.717) is 12.4 Å². The maximum Gasteiger partial charge on any atom is 0.244 e. The van der Waals surface area contributed by atoms with Crippen molar-refractivity contribution in [3.63, 3.8) is 0 Å². The highest BCUT2D eigenvalue weighted by Gasteiger charge is 2.24. The van der Waals surface area contributed by atoms with Gasteiger partial charge in [-0.05, 0) is 42.9 Å². The molecule has 2 heterocycles. The summed E-state index contributed by atoms with van der Waals surface area (Å²) in [6.45, 7) is 2.74. The average molecular weight is 315 g/mol. The summed E-state index contributed by atoms with van der Waals surface area (Å²) in [4.78, 5) is 4.38. The molecular formula is C13H21N3O2S2. The van der Waals surface area contributed by atoms with Crippen LogP contribution < -0.4 is 10.0 Å². The summed E-state index contributed by atoms with van der Waals surface area (Å²) < 4.78 is 27.8. The number of nitrogens with zero attached hydrogens (tertiary/aromatic N) is 1. The van der Waals surface area contributed by atoms with Gasteiger partial charge in [0.2, 0.25) is 10.0 Å². The highest BCUT2D eigenvalue weighted by molar-refractivity contribution is 7.99. The number of hydrogen-bond donors (Lipinski definition) is 2. The van der Waals surface area contributed by atoms with Crippen LogP contribution in [0.25, 0.3) is 0 Å². The summed E-state index contributed by atoms with van der Waals surface area (Å²) in [5, 5.41) is 3.07. The molecule has 0 aliphatic carbocycles. The first-order valence-electron chi connectivity index (χ1n) is 6.92. The zero-order valence-electron chi connectivity index (χ0n) is 11.6. The predicted octanol–water partition coefficient (Wildman–Crippen LogP) is 2.08. The second-order valence-electron chi connectivity index (χ2n) is 4.78. The van der Waals surface area contributed by atoms with Crippen molar-refractivity contribution >= 4 is 27.6 Å². The van der Waals surface area contributed by atoms with Crippen molar-refractivity contribution in [1.82, 2.24) is 9.71 Å². The van der Waals surface area contributed by atoms with Crippen LogP contribution in [0.1, 0.15) is 26.2 Å². The van der Waals surface area contributed by atoms with Gasteiger partial charge in [-0.1, -0.05) is 6.92 Å². The Morgan fingerprint density at radius 1 is 1.40 bits per heavy atom. The van der Waals surface area contributed by atoms with Crippen LogP contribution in [0.2, 0.25) is 0 Å². The molecule has 1 aromatic rings. The third-order valence-corrected chi connectivity index (χ3v) is 5.75. The first-order chi connectivity index (χ1) is 9.63. The van der Waals surface area contributed by atoms with Crippen molar-refractivity contribution in [3.8, 4) is 0 Å². The molecule has 5 nitrogen and oxygen atoms in total. The molecule has 0 radical (unpaired) electrons. The van der Waals surface area contributed by atoms with Crippen molar-refractivity contribution in [2.45, 2.75) is 37.1 Å². The van der Waals surface area contributed by atoms with Gasteiger partial charge in [0.05, 0.1) is 0 Å². The number of thioether (sulfide) groups is 1. The van der Waals surface area contributed by atoms with Gasteiger partial charge in [-0.3, -0.25) is 0 Å². The second kappa shape index (κ2) is 7.28. The van der Waals surface area contributed by atoms with E-state index >= 15 is 0 Å². The van der Waals surface area contributed by atoms with Gasteiger partial charge in [0.1, 0.15) is 10.7 Å². The van der Waals surface area contributed by atoms with Gasteiger partial charge < -0.3 is 5.32 Å². The van der Waals surface area contributed by atoms with E-state index in [4.69, 9.17) is 0 Å². The average Bonchev–Trinajstić information content (AvgIpc) is 2.46. The van der Waals surface area contributed by atoms with Crippen LogP contribution >= 0.6 is 11.8 Å². The van der Waals surface area contributed by atoms with Gasteiger partial charge in [0.15, 0.2) is 0 Å². The molecule has 0 atom stereocenters. The summed E-state index contributed by atoms with van der Waals surface area (Å²) in [6, 6.07) is 3.30. The molecule has 1 aliphatic heterocycles. The minimum atomic E-state index is -3.51. The minimum absolute atomic E-state index is 0.0421. The normalized spacial score (nSPS) is 17.1. The Bertz CT molecular complexity index is 528. The lowest BCUT2D eigenvalue weighted by molar-refractivity contribution is 0.529. The molecule has 1 aromatic heterocycles. The van der Waals surface area contributed by atoms with E-state index in [-0.39, 0.29) is 10.9 Å². The second-order valence-corrected chi connectivity index (χ2v) is 7.69. The number of sulfonamides is 1. The van der Waals surface area contributed by atoms with Crippen molar-refractivity contribution < 1.29 is 8.42 Å². The summed E-state index contributed by atoms with van der Waals surface area (Å²) >= 11 is 1.88. The molecule has 0 spiro atoms. The SMILES string of the molecule is CCCNc1ncccc1S(=O)(=O)NC1CCSCC1. The van der Waals surface area contributed by atoms with Crippen LogP contribution in [-0.4, -0.2) is 37.5 Å². The van der Waals surface area contributed by atoms with E-state index < -0.39 is 10.0 Å². The number of rotatable bonds is 6. The van der Waals surface area contributed by atoms with Crippen LogP contribution in [-0.2, 0) is 10.0 Å². The Kier molecular flexibility index (Phi) is 5.68. The van der Waals surface area contributed by atoms with Gasteiger partial charge >= 0.3 is 0 Å². The maximum absolute atomic E-state index is 12.5. The van der Waals surface area contributed by atoms with Gasteiger partial charge in [0, 0.05) is 18.8 Å². The predicted molar refractivity (Wildman–Crippen MR) is 83.7 cm³/mol. The van der Waals surface area contributed by atoms with E-state index in [9.17, 15) is 8.42 Å². The lowest BCUT2D eigenvalue weighted by Gasteiger charge is -2.22. The fourth-order valence-corrected chi connectivity index (χ4v) is 4.63. The standard InChI is InChI=1S/C13H21N3O2S2/c1-2-7-14-13-12(4-3-8-15-13)20(17,18)16-11-5-9-19-10-6-11/h3-4,8,11,16H,2,5-7,9-10H2,1H3,(H,14,15). The molecule has 20 heavy (non-hydrogen) atoms. The largest absolute Gasteiger partial charge is 0.369 e. The molecule has 0 unspecified atom stereocenters. The smallest absolute Gasteiger partial charge is 0.244 e. The highest BCUT2D eigenvalue weighted by atomic mass is 32.2. The summed E-state index contributed by atoms with van der Waals surface area (Å²) in [6.07, 6.45) is 4.31. The Labute approximate surface area is 125 Å². The highest BCUT2D eigenvalue weighted by Crippen LogP contribution is 2.22. The van der Waals surface area contributed by atoms with Crippen LogP contribution in [0, 0.1) is 0 Å². The minimum Gasteiger partial charge on any atom is -0.369 e. The van der Waals surface area contributed by atoms with Gasteiger partial charge in [-0.25, -0.2) is 18.1 Å². The molecule has 7 heteroatoms. The number of anilines is 1. The maximum atomic E-state index is 12.5. The quantitative estimate of drug-likeness (QED) is 0.841. The Morgan fingerprint density at radius 3 is 2.85 bits per heavy atom. The van der Waals surface area contributed by atoms with Crippen molar-refractivity contribution in [2.75, 3.05) is 23.4 Å². The van der Waals surface area contributed by atoms with Gasteiger partial charge in [0.25, 0.3) is 0 Å². The Hall–Kier alpha value is -0.790. The molecule has 1 aliphatic rings. The monoisotopic (exact) mass is 315 g/mol. The van der Waals surface area contributed by atoms with Crippen molar-refractivity contribution in [2.24, 2.45) is 0 Å². The van der Waals surface area contributed by atoms with E-state index in [1.54, 1.807) is 18.3 Å². The molecule has 0 saturated carbocycles. The molecule has 1 saturated heterocycles. The Morgan fingerprint density at radius 2 is 2.15 bits per heavy atom. The molecule has 2 rings (SSSR count). The number of hydrogen-bond acceptors (Lipinski definition) is 5. The van der Waals surface area contributed by atoms with Gasteiger partial charge in [-0.2, -0.15) is 11.8 Å². The van der Waals surface area contributed by atoms with Crippen LogP contribution in [0.15, 0.2) is 23.2 Å². The van der Waals surface area contributed by atoms with E-state index in [1.165, 1.54) is 0 Å². The molecule has 1 fully saturated rings. The molecule has 112 valence electrons. The first-order valence-corrected chi connectivity index (χ1v) is 9.56. The number of aromatic nitrogens is 1. The topological polar surface area (TPSA) is 71.1 Å². The van der Waals surface area contributed by atoms with E-state index in [2.05, 4.69) is 15.0 Å². The molecular weight excluding hydrogens is 294 g/mol. The fraction of sp³-hybridized carbons (Fsp3) is 0.615. The molecule has 0 amide bonds. The third kappa shape index (κ3) is 4.10. The van der Waals surface area contributed by atoms with Crippen LogP contribution in [0.3, 0.4) is 0 Å². The summed E-state index contributed by atoms with van der Waals surface area (Å²) in [5.41, 5.74) is 0. The van der Waals surface area contributed by atoms with Gasteiger partial charge in [-0.15, -0.1) is 0 Å². The summed E-state index contributed by atoms with van der Waals surface area (Å²) in [7, 11) is -3.51. The zero-order valence-corrected chi connectivity index (χ0v) is 13.3. The lowest BCUT2D eigenvalue weighted by atomic mass is 10.2. The van der Waals surface area contributed by atoms with E-state index in [0.717, 1.165) is 30.8 Å². The Balaban J connectivity index is 2.15.